The summed E-state index contributed by atoms with van der Waals surface area (Å²) in [6.45, 7) is 9.88. The Balaban J connectivity index is 2.76. The molecule has 0 fully saturated rings. The number of aliphatic hydroxyl groups is 1. The lowest BCUT2D eigenvalue weighted by molar-refractivity contribution is 0.0785. The van der Waals surface area contributed by atoms with Gasteiger partial charge in [0.05, 0.1) is 20.8 Å². The van der Waals surface area contributed by atoms with Crippen LogP contribution >= 0.6 is 22.9 Å². The standard InChI is InChI=1S/C14H18ClNOS/c1-7(2)12-8(3)11-13(18-12)10(15)9(6-16-11)14(4,5)17/h6-7,17H,1-5H3. The summed E-state index contributed by atoms with van der Waals surface area (Å²) in [6, 6.07) is 0. The number of halogens is 1. The molecule has 0 saturated heterocycles. The van der Waals surface area contributed by atoms with Crippen LogP contribution in [0.15, 0.2) is 6.20 Å². The number of pyridine rings is 1. The molecule has 1 N–H and O–H groups in total. The van der Waals surface area contributed by atoms with Crippen molar-refractivity contribution in [1.29, 1.82) is 0 Å². The van der Waals surface area contributed by atoms with Gasteiger partial charge in [0.1, 0.15) is 0 Å². The van der Waals surface area contributed by atoms with Gasteiger partial charge in [-0.05, 0) is 32.3 Å². The third-order valence-corrected chi connectivity index (χ3v) is 5.20. The van der Waals surface area contributed by atoms with Gasteiger partial charge >= 0.3 is 0 Å². The number of aryl methyl sites for hydroxylation is 1. The zero-order chi connectivity index (χ0) is 13.7. The summed E-state index contributed by atoms with van der Waals surface area (Å²) in [5.74, 6) is 0.464. The van der Waals surface area contributed by atoms with Crippen LogP contribution in [0.3, 0.4) is 0 Å². The van der Waals surface area contributed by atoms with Crippen LogP contribution in [0.25, 0.3) is 10.2 Å². The van der Waals surface area contributed by atoms with Gasteiger partial charge in [0.15, 0.2) is 0 Å². The van der Waals surface area contributed by atoms with E-state index in [1.54, 1.807) is 31.4 Å². The molecule has 0 amide bonds. The number of thiophene rings is 1. The van der Waals surface area contributed by atoms with E-state index in [-0.39, 0.29) is 0 Å². The molecule has 0 unspecified atom stereocenters. The Hall–Kier alpha value is -0.640. The van der Waals surface area contributed by atoms with E-state index >= 15 is 0 Å². The largest absolute Gasteiger partial charge is 0.386 e. The minimum atomic E-state index is -0.964. The van der Waals surface area contributed by atoms with Crippen molar-refractivity contribution in [1.82, 2.24) is 4.98 Å². The van der Waals surface area contributed by atoms with Crippen molar-refractivity contribution < 1.29 is 5.11 Å². The first kappa shape index (κ1) is 13.8. The van der Waals surface area contributed by atoms with Gasteiger partial charge in [0.25, 0.3) is 0 Å². The van der Waals surface area contributed by atoms with Crippen LogP contribution in [0.2, 0.25) is 5.02 Å². The smallest absolute Gasteiger partial charge is 0.0870 e. The van der Waals surface area contributed by atoms with Crippen LogP contribution in [0.5, 0.6) is 0 Å². The molecule has 0 saturated carbocycles. The van der Waals surface area contributed by atoms with Crippen LogP contribution in [0.4, 0.5) is 0 Å². The van der Waals surface area contributed by atoms with Crippen molar-refractivity contribution in [2.24, 2.45) is 0 Å². The fourth-order valence-corrected chi connectivity index (χ4v) is 3.80. The number of rotatable bonds is 2. The molecule has 0 aromatic carbocycles. The molecule has 4 heteroatoms. The van der Waals surface area contributed by atoms with Gasteiger partial charge in [-0.1, -0.05) is 25.4 Å². The molecule has 0 aliphatic heterocycles. The lowest BCUT2D eigenvalue weighted by Crippen LogP contribution is -2.16. The quantitative estimate of drug-likeness (QED) is 0.873. The molecule has 0 radical (unpaired) electrons. The highest BCUT2D eigenvalue weighted by Gasteiger charge is 2.24. The summed E-state index contributed by atoms with van der Waals surface area (Å²) >= 11 is 8.11. The van der Waals surface area contributed by atoms with Gasteiger partial charge in [0.2, 0.25) is 0 Å². The minimum Gasteiger partial charge on any atom is -0.386 e. The van der Waals surface area contributed by atoms with Crippen LogP contribution < -0.4 is 0 Å². The highest BCUT2D eigenvalue weighted by Crippen LogP contribution is 2.41. The lowest BCUT2D eigenvalue weighted by Gasteiger charge is -2.18. The Morgan fingerprint density at radius 2 is 2.00 bits per heavy atom. The molecule has 0 spiro atoms. The van der Waals surface area contributed by atoms with Crippen LogP contribution in [0.1, 0.15) is 49.6 Å². The van der Waals surface area contributed by atoms with E-state index in [0.29, 0.717) is 16.5 Å². The molecule has 2 nitrogen and oxygen atoms in total. The predicted molar refractivity (Wildman–Crippen MR) is 78.7 cm³/mol. The number of fused-ring (bicyclic) bond motifs is 1. The molecule has 0 atom stereocenters. The van der Waals surface area contributed by atoms with Gasteiger partial charge in [-0.3, -0.25) is 4.98 Å². The fraction of sp³-hybridized carbons (Fsp3) is 0.500. The Morgan fingerprint density at radius 1 is 1.39 bits per heavy atom. The van der Waals surface area contributed by atoms with Gasteiger partial charge in [0, 0.05) is 16.6 Å². The Labute approximate surface area is 117 Å². The SMILES string of the molecule is Cc1c(C(C)C)sc2c(Cl)c(C(C)(C)O)cnc12. The maximum Gasteiger partial charge on any atom is 0.0870 e. The van der Waals surface area contributed by atoms with E-state index in [4.69, 9.17) is 11.6 Å². The molecular formula is C14H18ClNOS. The molecular weight excluding hydrogens is 266 g/mol. The zero-order valence-corrected chi connectivity index (χ0v) is 12.9. The molecule has 0 aliphatic rings. The summed E-state index contributed by atoms with van der Waals surface area (Å²) in [7, 11) is 0. The van der Waals surface area contributed by atoms with E-state index < -0.39 is 5.60 Å². The highest BCUT2D eigenvalue weighted by molar-refractivity contribution is 7.20. The van der Waals surface area contributed by atoms with Crippen LogP contribution in [0, 0.1) is 6.92 Å². The van der Waals surface area contributed by atoms with Gasteiger partial charge in [-0.2, -0.15) is 0 Å². The van der Waals surface area contributed by atoms with Crippen LogP contribution in [-0.2, 0) is 5.60 Å². The number of aromatic nitrogens is 1. The second-order valence-electron chi connectivity index (χ2n) is 5.47. The van der Waals surface area contributed by atoms with Crippen molar-refractivity contribution in [3.05, 3.63) is 27.2 Å². The molecule has 0 bridgehead atoms. The van der Waals surface area contributed by atoms with Crippen molar-refractivity contribution >= 4 is 33.2 Å². The second-order valence-corrected chi connectivity index (χ2v) is 6.90. The average molecular weight is 284 g/mol. The average Bonchev–Trinajstić information content (AvgIpc) is 2.56. The van der Waals surface area contributed by atoms with Crippen molar-refractivity contribution in [2.45, 2.75) is 46.1 Å². The Morgan fingerprint density at radius 3 is 2.50 bits per heavy atom. The summed E-state index contributed by atoms with van der Waals surface area (Å²) < 4.78 is 0.984. The highest BCUT2D eigenvalue weighted by atomic mass is 35.5. The summed E-state index contributed by atoms with van der Waals surface area (Å²) in [5.41, 5.74) is 1.89. The maximum atomic E-state index is 10.1. The van der Waals surface area contributed by atoms with Gasteiger partial charge in [-0.25, -0.2) is 0 Å². The third-order valence-electron chi connectivity index (χ3n) is 3.09. The van der Waals surface area contributed by atoms with Crippen molar-refractivity contribution in [2.75, 3.05) is 0 Å². The fourth-order valence-electron chi connectivity index (χ4n) is 2.11. The van der Waals surface area contributed by atoms with E-state index in [2.05, 4.69) is 25.8 Å². The number of nitrogens with zero attached hydrogens (tertiary/aromatic N) is 1. The topological polar surface area (TPSA) is 33.1 Å². The van der Waals surface area contributed by atoms with Gasteiger partial charge < -0.3 is 5.11 Å². The minimum absolute atomic E-state index is 0.464. The molecule has 0 aliphatic carbocycles. The first-order chi connectivity index (χ1) is 8.23. The molecule has 2 heterocycles. The number of hydrogen-bond acceptors (Lipinski definition) is 3. The first-order valence-electron chi connectivity index (χ1n) is 6.03. The zero-order valence-electron chi connectivity index (χ0n) is 11.3. The Kier molecular flexibility index (Phi) is 3.43. The predicted octanol–water partition coefficient (Wildman–Crippen LogP) is 4.61. The molecule has 98 valence electrons. The monoisotopic (exact) mass is 283 g/mol. The molecule has 18 heavy (non-hydrogen) atoms. The van der Waals surface area contributed by atoms with E-state index in [1.807, 2.05) is 0 Å². The molecule has 2 aromatic heterocycles. The summed E-state index contributed by atoms with van der Waals surface area (Å²) in [5, 5.41) is 10.7. The third kappa shape index (κ3) is 2.15. The van der Waals surface area contributed by atoms with Crippen LogP contribution in [-0.4, -0.2) is 10.1 Å². The maximum absolute atomic E-state index is 10.1. The number of hydrogen-bond donors (Lipinski definition) is 1. The summed E-state index contributed by atoms with van der Waals surface area (Å²) in [6.07, 6.45) is 1.69. The summed E-state index contributed by atoms with van der Waals surface area (Å²) in [4.78, 5) is 5.79. The van der Waals surface area contributed by atoms with E-state index in [1.165, 1.54) is 10.4 Å². The Bertz CT molecular complexity index is 596. The lowest BCUT2D eigenvalue weighted by atomic mass is 10.00. The second kappa shape index (κ2) is 4.48. The normalized spacial score (nSPS) is 12.7. The molecule has 2 rings (SSSR count). The van der Waals surface area contributed by atoms with Crippen molar-refractivity contribution in [3.63, 3.8) is 0 Å². The van der Waals surface area contributed by atoms with Gasteiger partial charge in [-0.15, -0.1) is 11.3 Å². The van der Waals surface area contributed by atoms with Crippen molar-refractivity contribution in [3.8, 4) is 0 Å². The van der Waals surface area contributed by atoms with E-state index in [0.717, 1.165) is 10.2 Å². The van der Waals surface area contributed by atoms with E-state index in [9.17, 15) is 5.11 Å². The first-order valence-corrected chi connectivity index (χ1v) is 7.23. The molecule has 2 aromatic rings.